The maximum atomic E-state index is 12.0. The smallest absolute Gasteiger partial charge is 0.306 e. The number of rotatable bonds is 6. The Balaban J connectivity index is 2.80. The van der Waals surface area contributed by atoms with Crippen LogP contribution in [0.15, 0.2) is 4.79 Å². The minimum atomic E-state index is -0.916. The van der Waals surface area contributed by atoms with Gasteiger partial charge < -0.3 is 15.4 Å². The Kier molecular flexibility index (Phi) is 5.63. The van der Waals surface area contributed by atoms with Crippen molar-refractivity contribution in [3.05, 3.63) is 27.4 Å². The number of nitrogens with one attached hydrogen (secondary N) is 2. The molecule has 7 heteroatoms. The monoisotopic (exact) mass is 295 g/mol. The summed E-state index contributed by atoms with van der Waals surface area (Å²) in [7, 11) is 0. The van der Waals surface area contributed by atoms with Crippen LogP contribution in [0, 0.1) is 12.8 Å². The highest BCUT2D eigenvalue weighted by Gasteiger charge is 2.18. The predicted octanol–water partition coefficient (Wildman–Crippen LogP) is 1.04. The second kappa shape index (κ2) is 7.01. The van der Waals surface area contributed by atoms with Gasteiger partial charge in [-0.3, -0.25) is 14.4 Å². The summed E-state index contributed by atoms with van der Waals surface area (Å²) in [4.78, 5) is 41.4. The van der Waals surface area contributed by atoms with E-state index in [0.29, 0.717) is 17.9 Å². The van der Waals surface area contributed by atoms with E-state index in [9.17, 15) is 14.4 Å². The quantitative estimate of drug-likeness (QED) is 0.726. The summed E-state index contributed by atoms with van der Waals surface area (Å²) in [5.41, 5.74) is -0.136. The molecule has 1 heterocycles. The molecule has 1 rings (SSSR count). The van der Waals surface area contributed by atoms with Crippen molar-refractivity contribution >= 4 is 11.9 Å². The van der Waals surface area contributed by atoms with E-state index >= 15 is 0 Å². The molecule has 0 bridgehead atoms. The van der Waals surface area contributed by atoms with Crippen LogP contribution in [0.2, 0.25) is 0 Å². The summed E-state index contributed by atoms with van der Waals surface area (Å²) in [5, 5.41) is 11.3. The maximum Gasteiger partial charge on any atom is 0.306 e. The average Bonchev–Trinajstić information content (AvgIpc) is 2.37. The van der Waals surface area contributed by atoms with Gasteiger partial charge in [0.15, 0.2) is 0 Å². The van der Waals surface area contributed by atoms with E-state index in [0.717, 1.165) is 0 Å². The number of carbonyl (C=O) groups is 2. The van der Waals surface area contributed by atoms with Crippen LogP contribution >= 0.6 is 0 Å². The summed E-state index contributed by atoms with van der Waals surface area (Å²) in [6.07, 6.45) is 0.301. The number of amides is 1. The van der Waals surface area contributed by atoms with Gasteiger partial charge in [0.25, 0.3) is 11.5 Å². The summed E-state index contributed by atoms with van der Waals surface area (Å²) in [6.45, 7) is 7.15. The summed E-state index contributed by atoms with van der Waals surface area (Å²) in [5.74, 6) is -1.40. The van der Waals surface area contributed by atoms with Crippen molar-refractivity contribution in [2.45, 2.75) is 40.0 Å². The Hall–Kier alpha value is -2.18. The molecule has 0 saturated heterocycles. The zero-order valence-electron chi connectivity index (χ0n) is 12.7. The number of H-pyrrole nitrogens is 1. The van der Waals surface area contributed by atoms with Gasteiger partial charge in [-0.15, -0.1) is 0 Å². The molecule has 7 nitrogen and oxygen atoms in total. The van der Waals surface area contributed by atoms with E-state index < -0.39 is 23.4 Å². The third-order valence-electron chi connectivity index (χ3n) is 3.18. The van der Waals surface area contributed by atoms with Crippen LogP contribution in [0.3, 0.4) is 0 Å². The van der Waals surface area contributed by atoms with Crippen molar-refractivity contribution in [1.29, 1.82) is 0 Å². The van der Waals surface area contributed by atoms with Crippen LogP contribution in [-0.4, -0.2) is 33.5 Å². The first kappa shape index (κ1) is 16.9. The number of nitrogens with zero attached hydrogens (tertiary/aromatic N) is 1. The Labute approximate surface area is 122 Å². The van der Waals surface area contributed by atoms with E-state index in [-0.39, 0.29) is 18.0 Å². The molecule has 0 aliphatic heterocycles. The van der Waals surface area contributed by atoms with Gasteiger partial charge in [-0.2, -0.15) is 0 Å². The Bertz CT molecular complexity index is 592. The van der Waals surface area contributed by atoms with Gasteiger partial charge in [-0.25, -0.2) is 4.98 Å². The van der Waals surface area contributed by atoms with Crippen LogP contribution < -0.4 is 10.9 Å². The largest absolute Gasteiger partial charge is 0.481 e. The molecule has 0 aliphatic rings. The van der Waals surface area contributed by atoms with Gasteiger partial charge in [-0.05, 0) is 13.3 Å². The molecule has 116 valence electrons. The van der Waals surface area contributed by atoms with Gasteiger partial charge in [0.2, 0.25) is 0 Å². The number of carbonyl (C=O) groups excluding carboxylic acids is 1. The van der Waals surface area contributed by atoms with Crippen LogP contribution in [0.4, 0.5) is 0 Å². The maximum absolute atomic E-state index is 12.0. The molecule has 1 atom stereocenters. The van der Waals surface area contributed by atoms with E-state index in [4.69, 9.17) is 5.11 Å². The van der Waals surface area contributed by atoms with Gasteiger partial charge in [-0.1, -0.05) is 20.8 Å². The Morgan fingerprint density at radius 2 is 1.95 bits per heavy atom. The zero-order chi connectivity index (χ0) is 16.2. The SMILES string of the molecule is Cc1nc(C(C)C)[nH]c(=O)c1C(=O)NCCC(C)C(=O)O. The van der Waals surface area contributed by atoms with Crippen LogP contribution in [0.1, 0.15) is 55.0 Å². The molecule has 1 unspecified atom stereocenters. The average molecular weight is 295 g/mol. The first-order valence-electron chi connectivity index (χ1n) is 6.85. The standard InChI is InChI=1S/C14H21N3O4/c1-7(2)11-16-9(4)10(13(19)17-11)12(18)15-6-5-8(3)14(20)21/h7-8H,5-6H2,1-4H3,(H,15,18)(H,20,21)(H,16,17,19). The molecule has 0 saturated carbocycles. The molecule has 0 aliphatic carbocycles. The predicted molar refractivity (Wildman–Crippen MR) is 77.4 cm³/mol. The molecule has 0 radical (unpaired) electrons. The number of aryl methyl sites for hydroxylation is 1. The topological polar surface area (TPSA) is 112 Å². The molecule has 0 aromatic carbocycles. The fraction of sp³-hybridized carbons (Fsp3) is 0.571. The summed E-state index contributed by atoms with van der Waals surface area (Å²) >= 11 is 0. The molecule has 3 N–H and O–H groups in total. The first-order valence-corrected chi connectivity index (χ1v) is 6.85. The number of hydrogen-bond donors (Lipinski definition) is 3. The number of aromatic nitrogens is 2. The molecular formula is C14H21N3O4. The van der Waals surface area contributed by atoms with E-state index in [1.54, 1.807) is 13.8 Å². The second-order valence-electron chi connectivity index (χ2n) is 5.35. The lowest BCUT2D eigenvalue weighted by Crippen LogP contribution is -2.33. The minimum absolute atomic E-state index is 0.0256. The number of aromatic amines is 1. The normalized spacial score (nSPS) is 12.2. The van der Waals surface area contributed by atoms with Crippen LogP contribution in [0.25, 0.3) is 0 Å². The van der Waals surface area contributed by atoms with E-state index in [2.05, 4.69) is 15.3 Å². The lowest BCUT2D eigenvalue weighted by Gasteiger charge is -2.10. The number of aliphatic carboxylic acids is 1. The van der Waals surface area contributed by atoms with Crippen molar-refractivity contribution in [3.8, 4) is 0 Å². The number of carboxylic acids is 1. The lowest BCUT2D eigenvalue weighted by atomic mass is 10.1. The molecule has 21 heavy (non-hydrogen) atoms. The van der Waals surface area contributed by atoms with Crippen LogP contribution in [-0.2, 0) is 4.79 Å². The lowest BCUT2D eigenvalue weighted by molar-refractivity contribution is -0.141. The molecule has 1 aromatic heterocycles. The highest BCUT2D eigenvalue weighted by Crippen LogP contribution is 2.08. The summed E-state index contributed by atoms with van der Waals surface area (Å²) in [6, 6.07) is 0. The third-order valence-corrected chi connectivity index (χ3v) is 3.18. The second-order valence-corrected chi connectivity index (χ2v) is 5.35. The summed E-state index contributed by atoms with van der Waals surface area (Å²) < 4.78 is 0. The van der Waals surface area contributed by atoms with Gasteiger partial charge in [0.1, 0.15) is 11.4 Å². The molecular weight excluding hydrogens is 274 g/mol. The number of hydrogen-bond acceptors (Lipinski definition) is 4. The Morgan fingerprint density at radius 3 is 2.43 bits per heavy atom. The van der Waals surface area contributed by atoms with Crippen molar-refractivity contribution in [3.63, 3.8) is 0 Å². The van der Waals surface area contributed by atoms with E-state index in [1.165, 1.54) is 0 Å². The molecule has 0 spiro atoms. The first-order chi connectivity index (χ1) is 9.73. The fourth-order valence-corrected chi connectivity index (χ4v) is 1.76. The number of carboxylic acid groups (broad SMARTS) is 1. The van der Waals surface area contributed by atoms with Crippen molar-refractivity contribution in [1.82, 2.24) is 15.3 Å². The van der Waals surface area contributed by atoms with Crippen molar-refractivity contribution in [2.75, 3.05) is 6.54 Å². The molecule has 1 aromatic rings. The molecule has 0 fully saturated rings. The highest BCUT2D eigenvalue weighted by molar-refractivity contribution is 5.94. The van der Waals surface area contributed by atoms with Crippen molar-refractivity contribution in [2.24, 2.45) is 5.92 Å². The van der Waals surface area contributed by atoms with Crippen LogP contribution in [0.5, 0.6) is 0 Å². The van der Waals surface area contributed by atoms with Gasteiger partial charge in [0.05, 0.1) is 11.6 Å². The zero-order valence-corrected chi connectivity index (χ0v) is 12.7. The highest BCUT2D eigenvalue weighted by atomic mass is 16.4. The third kappa shape index (κ3) is 4.40. The fourth-order valence-electron chi connectivity index (χ4n) is 1.76. The van der Waals surface area contributed by atoms with Gasteiger partial charge in [0, 0.05) is 12.5 Å². The van der Waals surface area contributed by atoms with Crippen molar-refractivity contribution < 1.29 is 14.7 Å². The van der Waals surface area contributed by atoms with E-state index in [1.807, 2.05) is 13.8 Å². The van der Waals surface area contributed by atoms with Gasteiger partial charge >= 0.3 is 5.97 Å². The Morgan fingerprint density at radius 1 is 1.33 bits per heavy atom. The minimum Gasteiger partial charge on any atom is -0.481 e. The molecule has 1 amide bonds.